The monoisotopic (exact) mass is 471 g/mol. The van der Waals surface area contributed by atoms with E-state index in [0.717, 1.165) is 17.4 Å². The number of nitrogens with zero attached hydrogens (tertiary/aromatic N) is 3. The number of benzene rings is 2. The quantitative estimate of drug-likeness (QED) is 0.297. The number of halogens is 5. The predicted molar refractivity (Wildman–Crippen MR) is 108 cm³/mol. The molecule has 0 radical (unpaired) electrons. The van der Waals surface area contributed by atoms with Crippen molar-refractivity contribution >= 4 is 32.2 Å². The molecule has 1 aliphatic rings. The summed E-state index contributed by atoms with van der Waals surface area (Å²) in [5.41, 5.74) is -2.58. The van der Waals surface area contributed by atoms with Crippen molar-refractivity contribution in [3.8, 4) is 0 Å². The molecule has 1 aromatic heterocycles. The van der Waals surface area contributed by atoms with Gasteiger partial charge in [0.05, 0.1) is 15.9 Å². The average Bonchev–Trinajstić information content (AvgIpc) is 2.71. The molecule has 0 bridgehead atoms. The summed E-state index contributed by atoms with van der Waals surface area (Å²) in [6, 6.07) is 4.29. The van der Waals surface area contributed by atoms with Crippen LogP contribution >= 0.6 is 11.3 Å². The van der Waals surface area contributed by atoms with Crippen molar-refractivity contribution in [1.82, 2.24) is 4.98 Å². The van der Waals surface area contributed by atoms with Crippen molar-refractivity contribution in [2.45, 2.75) is 24.9 Å². The zero-order valence-electron chi connectivity index (χ0n) is 16.2. The Morgan fingerprint density at radius 2 is 1.69 bits per heavy atom. The van der Waals surface area contributed by atoms with Crippen LogP contribution in [-0.4, -0.2) is 23.0 Å². The molecular formula is C20H14F5N3O3S. The van der Waals surface area contributed by atoms with Crippen LogP contribution in [0.4, 0.5) is 32.8 Å². The van der Waals surface area contributed by atoms with Crippen LogP contribution < -0.4 is 10.5 Å². The fourth-order valence-electron chi connectivity index (χ4n) is 3.79. The van der Waals surface area contributed by atoms with E-state index < -0.39 is 44.9 Å². The predicted octanol–water partition coefficient (Wildman–Crippen LogP) is 5.25. The lowest BCUT2D eigenvalue weighted by Gasteiger charge is -2.32. The minimum atomic E-state index is -4.85. The highest BCUT2D eigenvalue weighted by Crippen LogP contribution is 2.39. The Morgan fingerprint density at radius 1 is 1.06 bits per heavy atom. The molecular weight excluding hydrogens is 457 g/mol. The van der Waals surface area contributed by atoms with Crippen LogP contribution in [0.5, 0.6) is 0 Å². The Morgan fingerprint density at radius 3 is 2.25 bits per heavy atom. The first-order valence-electron chi connectivity index (χ1n) is 9.44. The lowest BCUT2D eigenvalue weighted by atomic mass is 9.89. The van der Waals surface area contributed by atoms with Crippen LogP contribution in [0.15, 0.2) is 35.1 Å². The highest BCUT2D eigenvalue weighted by atomic mass is 32.1. The number of nitro groups is 1. The third-order valence-corrected chi connectivity index (χ3v) is 6.50. The highest BCUT2D eigenvalue weighted by molar-refractivity contribution is 7.22. The van der Waals surface area contributed by atoms with Crippen molar-refractivity contribution in [2.75, 3.05) is 18.0 Å². The van der Waals surface area contributed by atoms with Crippen molar-refractivity contribution < 1.29 is 26.9 Å². The number of non-ortho nitro benzene ring substituents is 1. The van der Waals surface area contributed by atoms with E-state index >= 15 is 0 Å². The minimum Gasteiger partial charge on any atom is -0.348 e. The number of alkyl halides is 3. The molecule has 12 heteroatoms. The van der Waals surface area contributed by atoms with E-state index in [2.05, 4.69) is 4.98 Å². The molecule has 2 heterocycles. The topological polar surface area (TPSA) is 76.3 Å². The standard InChI is InChI=1S/C20H14F5N3O3S/c21-13-5-11(6-14(22)9-13)10-1-3-27(4-2-10)19-26-18(29)15-7-12(20(23,24)25)8-16(28(30)31)17(15)32-19/h5-10H,1-4H2. The lowest BCUT2D eigenvalue weighted by Crippen LogP contribution is -2.34. The fraction of sp³-hybridized carbons (Fsp3) is 0.300. The molecule has 0 atom stereocenters. The number of rotatable bonds is 3. The van der Waals surface area contributed by atoms with Crippen LogP contribution in [0.2, 0.25) is 0 Å². The molecule has 0 unspecified atom stereocenters. The van der Waals surface area contributed by atoms with Gasteiger partial charge in [0.15, 0.2) is 5.13 Å². The van der Waals surface area contributed by atoms with Gasteiger partial charge in [0.1, 0.15) is 16.3 Å². The zero-order valence-corrected chi connectivity index (χ0v) is 17.0. The van der Waals surface area contributed by atoms with Crippen molar-refractivity contribution in [3.63, 3.8) is 0 Å². The van der Waals surface area contributed by atoms with Gasteiger partial charge in [-0.05, 0) is 42.5 Å². The Labute approximate surface area is 181 Å². The maximum atomic E-state index is 13.5. The number of hydrogen-bond donors (Lipinski definition) is 0. The van der Waals surface area contributed by atoms with Gasteiger partial charge in [0, 0.05) is 25.2 Å². The summed E-state index contributed by atoms with van der Waals surface area (Å²) in [6.45, 7) is 0.706. The first kappa shape index (κ1) is 22.1. The molecule has 0 N–H and O–H groups in total. The molecule has 0 saturated carbocycles. The Hall–Kier alpha value is -3.15. The fourth-order valence-corrected chi connectivity index (χ4v) is 4.91. The molecule has 0 amide bonds. The molecule has 2 aromatic carbocycles. The second-order valence-corrected chi connectivity index (χ2v) is 8.37. The molecule has 1 fully saturated rings. The molecule has 32 heavy (non-hydrogen) atoms. The Bertz CT molecular complexity index is 1250. The van der Waals surface area contributed by atoms with E-state index in [1.165, 1.54) is 12.1 Å². The summed E-state index contributed by atoms with van der Waals surface area (Å²) >= 11 is 0.770. The maximum Gasteiger partial charge on any atom is 0.416 e. The Kier molecular flexibility index (Phi) is 5.57. The largest absolute Gasteiger partial charge is 0.416 e. The van der Waals surface area contributed by atoms with Gasteiger partial charge in [-0.15, -0.1) is 0 Å². The van der Waals surface area contributed by atoms with E-state index in [0.29, 0.717) is 43.6 Å². The van der Waals surface area contributed by atoms with Gasteiger partial charge in [-0.3, -0.25) is 14.9 Å². The minimum absolute atomic E-state index is 0.127. The third kappa shape index (κ3) is 4.27. The summed E-state index contributed by atoms with van der Waals surface area (Å²) in [5, 5.41) is 11.1. The molecule has 6 nitrogen and oxygen atoms in total. The van der Waals surface area contributed by atoms with Gasteiger partial charge in [-0.25, -0.2) is 8.78 Å². The van der Waals surface area contributed by atoms with E-state index in [1.807, 2.05) is 0 Å². The second kappa shape index (κ2) is 8.08. The van der Waals surface area contributed by atoms with E-state index in [9.17, 15) is 36.9 Å². The van der Waals surface area contributed by atoms with E-state index in [-0.39, 0.29) is 15.7 Å². The summed E-state index contributed by atoms with van der Waals surface area (Å²) in [6.07, 6.45) is -3.88. The summed E-state index contributed by atoms with van der Waals surface area (Å²) in [7, 11) is 0. The summed E-state index contributed by atoms with van der Waals surface area (Å²) < 4.78 is 66.1. The second-order valence-electron chi connectivity index (χ2n) is 7.39. The van der Waals surface area contributed by atoms with Crippen molar-refractivity contribution in [3.05, 3.63) is 73.6 Å². The molecule has 168 valence electrons. The van der Waals surface area contributed by atoms with E-state index in [1.54, 1.807) is 4.90 Å². The summed E-state index contributed by atoms with van der Waals surface area (Å²) in [5.74, 6) is -1.48. The van der Waals surface area contributed by atoms with E-state index in [4.69, 9.17) is 0 Å². The Balaban J connectivity index is 1.66. The van der Waals surface area contributed by atoms with Crippen LogP contribution in [-0.2, 0) is 6.18 Å². The van der Waals surface area contributed by atoms with Crippen molar-refractivity contribution in [2.24, 2.45) is 0 Å². The number of fused-ring (bicyclic) bond motifs is 1. The first-order chi connectivity index (χ1) is 15.0. The number of anilines is 1. The highest BCUT2D eigenvalue weighted by Gasteiger charge is 2.34. The number of aromatic nitrogens is 1. The SMILES string of the molecule is O=c1nc(N2CCC(c3cc(F)cc(F)c3)CC2)sc2c([N+](=O)[O-])cc(C(F)(F)F)cc12. The number of nitro benzene ring substituents is 1. The van der Waals surface area contributed by atoms with Crippen LogP contribution in [0.3, 0.4) is 0 Å². The molecule has 1 saturated heterocycles. The normalized spacial score (nSPS) is 15.3. The van der Waals surface area contributed by atoms with Gasteiger partial charge in [0.25, 0.3) is 11.2 Å². The molecule has 0 aliphatic carbocycles. The maximum absolute atomic E-state index is 13.5. The van der Waals surface area contributed by atoms with Crippen molar-refractivity contribution in [1.29, 1.82) is 0 Å². The van der Waals surface area contributed by atoms with Gasteiger partial charge < -0.3 is 4.90 Å². The number of hydrogen-bond acceptors (Lipinski definition) is 6. The van der Waals surface area contributed by atoms with Crippen LogP contribution in [0, 0.1) is 21.7 Å². The molecule has 0 spiro atoms. The van der Waals surface area contributed by atoms with Gasteiger partial charge >= 0.3 is 6.18 Å². The van der Waals surface area contributed by atoms with Gasteiger partial charge in [-0.1, -0.05) is 11.3 Å². The van der Waals surface area contributed by atoms with Gasteiger partial charge in [-0.2, -0.15) is 18.2 Å². The smallest absolute Gasteiger partial charge is 0.348 e. The molecule has 1 aliphatic heterocycles. The molecule has 3 aromatic rings. The third-order valence-electron chi connectivity index (χ3n) is 5.34. The summed E-state index contributed by atoms with van der Waals surface area (Å²) in [4.78, 5) is 28.4. The lowest BCUT2D eigenvalue weighted by molar-refractivity contribution is -0.383. The first-order valence-corrected chi connectivity index (χ1v) is 10.3. The molecule has 4 rings (SSSR count). The van der Waals surface area contributed by atoms with Gasteiger partial charge in [0.2, 0.25) is 0 Å². The zero-order chi connectivity index (χ0) is 23.2. The van der Waals surface area contributed by atoms with Crippen LogP contribution in [0.25, 0.3) is 10.1 Å². The number of piperidine rings is 1. The van der Waals surface area contributed by atoms with Crippen LogP contribution in [0.1, 0.15) is 29.9 Å². The average molecular weight is 471 g/mol.